The van der Waals surface area contributed by atoms with Gasteiger partial charge >= 0.3 is 5.69 Å². The molecule has 0 saturated carbocycles. The van der Waals surface area contributed by atoms with E-state index in [1.54, 1.807) is 13.1 Å². The Bertz CT molecular complexity index is 412. The van der Waals surface area contributed by atoms with Gasteiger partial charge in [0.05, 0.1) is 11.5 Å². The van der Waals surface area contributed by atoms with E-state index in [9.17, 15) is 10.1 Å². The van der Waals surface area contributed by atoms with Crippen molar-refractivity contribution in [2.24, 2.45) is 0 Å². The minimum atomic E-state index is -0.434. The summed E-state index contributed by atoms with van der Waals surface area (Å²) in [7, 11) is 0. The number of hydrogen-bond acceptors (Lipinski definition) is 5. The van der Waals surface area contributed by atoms with Crippen molar-refractivity contribution >= 4 is 27.4 Å². The SMILES string of the molecule is CCOCCNc1ncc(Br)c(C)c1[N+](=O)[O-]. The zero-order valence-corrected chi connectivity index (χ0v) is 11.3. The number of anilines is 1. The molecule has 0 spiro atoms. The molecular formula is C10H14BrN3O3. The van der Waals surface area contributed by atoms with Gasteiger partial charge in [0.1, 0.15) is 0 Å². The normalized spacial score (nSPS) is 10.3. The van der Waals surface area contributed by atoms with Crippen LogP contribution in [-0.4, -0.2) is 29.7 Å². The van der Waals surface area contributed by atoms with Crippen LogP contribution in [0.1, 0.15) is 12.5 Å². The molecule has 0 amide bonds. The van der Waals surface area contributed by atoms with Crippen LogP contribution in [-0.2, 0) is 4.74 Å². The topological polar surface area (TPSA) is 77.3 Å². The first-order chi connectivity index (χ1) is 8.07. The van der Waals surface area contributed by atoms with Gasteiger partial charge in [-0.2, -0.15) is 0 Å². The number of ether oxygens (including phenoxy) is 1. The van der Waals surface area contributed by atoms with Gasteiger partial charge < -0.3 is 10.1 Å². The largest absolute Gasteiger partial charge is 0.380 e. The van der Waals surface area contributed by atoms with Crippen molar-refractivity contribution in [2.45, 2.75) is 13.8 Å². The van der Waals surface area contributed by atoms with Crippen LogP contribution in [0.5, 0.6) is 0 Å². The Morgan fingerprint density at radius 3 is 2.94 bits per heavy atom. The molecule has 1 rings (SSSR count). The molecule has 1 N–H and O–H groups in total. The average molecular weight is 304 g/mol. The maximum Gasteiger partial charge on any atom is 0.315 e. The van der Waals surface area contributed by atoms with Crippen LogP contribution in [0.2, 0.25) is 0 Å². The summed E-state index contributed by atoms with van der Waals surface area (Å²) in [5.41, 5.74) is 0.555. The molecule has 0 unspecified atom stereocenters. The van der Waals surface area contributed by atoms with E-state index in [4.69, 9.17) is 4.74 Å². The van der Waals surface area contributed by atoms with Gasteiger partial charge in [0.15, 0.2) is 0 Å². The predicted octanol–water partition coefficient (Wildman–Crippen LogP) is 2.51. The number of aromatic nitrogens is 1. The number of nitrogens with one attached hydrogen (secondary N) is 1. The fraction of sp³-hybridized carbons (Fsp3) is 0.500. The Labute approximate surface area is 108 Å². The highest BCUT2D eigenvalue weighted by Crippen LogP contribution is 2.30. The van der Waals surface area contributed by atoms with Gasteiger partial charge in [-0.25, -0.2) is 4.98 Å². The van der Waals surface area contributed by atoms with Gasteiger partial charge in [0, 0.05) is 29.4 Å². The first kappa shape index (κ1) is 13.9. The second-order valence-electron chi connectivity index (χ2n) is 3.31. The lowest BCUT2D eigenvalue weighted by Gasteiger charge is -2.08. The van der Waals surface area contributed by atoms with Gasteiger partial charge in [0.2, 0.25) is 5.82 Å². The molecule has 0 aliphatic carbocycles. The summed E-state index contributed by atoms with van der Waals surface area (Å²) < 4.78 is 5.76. The van der Waals surface area contributed by atoms with Crippen molar-refractivity contribution in [3.05, 3.63) is 26.3 Å². The number of rotatable bonds is 6. The lowest BCUT2D eigenvalue weighted by molar-refractivity contribution is -0.384. The number of hydrogen-bond donors (Lipinski definition) is 1. The molecule has 7 heteroatoms. The predicted molar refractivity (Wildman–Crippen MR) is 68.3 cm³/mol. The highest BCUT2D eigenvalue weighted by atomic mass is 79.9. The van der Waals surface area contributed by atoms with Crippen LogP contribution < -0.4 is 5.32 Å². The Balaban J connectivity index is 2.84. The van der Waals surface area contributed by atoms with Crippen molar-refractivity contribution < 1.29 is 9.66 Å². The highest BCUT2D eigenvalue weighted by molar-refractivity contribution is 9.10. The Morgan fingerprint density at radius 1 is 1.65 bits per heavy atom. The zero-order chi connectivity index (χ0) is 12.8. The van der Waals surface area contributed by atoms with Gasteiger partial charge in [-0.15, -0.1) is 0 Å². The fourth-order valence-corrected chi connectivity index (χ4v) is 1.60. The van der Waals surface area contributed by atoms with Crippen molar-refractivity contribution in [2.75, 3.05) is 25.1 Å². The lowest BCUT2D eigenvalue weighted by Crippen LogP contribution is -2.12. The Morgan fingerprint density at radius 2 is 2.35 bits per heavy atom. The van der Waals surface area contributed by atoms with E-state index < -0.39 is 4.92 Å². The molecule has 1 aromatic heterocycles. The van der Waals surface area contributed by atoms with Crippen molar-refractivity contribution in [3.63, 3.8) is 0 Å². The van der Waals surface area contributed by atoms with E-state index in [1.807, 2.05) is 6.92 Å². The molecule has 0 fully saturated rings. The van der Waals surface area contributed by atoms with Gasteiger partial charge in [-0.3, -0.25) is 10.1 Å². The third kappa shape index (κ3) is 3.64. The average Bonchev–Trinajstić information content (AvgIpc) is 2.28. The lowest BCUT2D eigenvalue weighted by atomic mass is 10.2. The summed E-state index contributed by atoms with van der Waals surface area (Å²) in [6.07, 6.45) is 1.55. The van der Waals surface area contributed by atoms with E-state index in [-0.39, 0.29) is 11.5 Å². The quantitative estimate of drug-likeness (QED) is 0.496. The van der Waals surface area contributed by atoms with Gasteiger partial charge in [-0.1, -0.05) is 0 Å². The molecule has 0 saturated heterocycles. The molecule has 0 radical (unpaired) electrons. The summed E-state index contributed by atoms with van der Waals surface area (Å²) in [5, 5.41) is 13.9. The van der Waals surface area contributed by atoms with Crippen LogP contribution in [0.25, 0.3) is 0 Å². The molecule has 0 bridgehead atoms. The van der Waals surface area contributed by atoms with Crippen LogP contribution in [0.4, 0.5) is 11.5 Å². The maximum atomic E-state index is 11.0. The third-order valence-corrected chi connectivity index (χ3v) is 2.97. The second-order valence-corrected chi connectivity index (χ2v) is 4.16. The van der Waals surface area contributed by atoms with Crippen LogP contribution in [0, 0.1) is 17.0 Å². The molecule has 0 aromatic carbocycles. The summed E-state index contributed by atoms with van der Waals surface area (Å²) in [6.45, 7) is 5.17. The first-order valence-corrected chi connectivity index (χ1v) is 5.98. The number of pyridine rings is 1. The van der Waals surface area contributed by atoms with E-state index >= 15 is 0 Å². The molecule has 1 aromatic rings. The number of nitro groups is 1. The second kappa shape index (κ2) is 6.51. The van der Waals surface area contributed by atoms with E-state index in [2.05, 4.69) is 26.2 Å². The van der Waals surface area contributed by atoms with E-state index in [0.29, 0.717) is 29.8 Å². The molecule has 6 nitrogen and oxygen atoms in total. The first-order valence-electron chi connectivity index (χ1n) is 5.19. The molecule has 94 valence electrons. The minimum absolute atomic E-state index is 0.00382. The molecule has 0 aliphatic rings. The van der Waals surface area contributed by atoms with Crippen LogP contribution >= 0.6 is 15.9 Å². The monoisotopic (exact) mass is 303 g/mol. The van der Waals surface area contributed by atoms with Gasteiger partial charge in [-0.05, 0) is 29.8 Å². The van der Waals surface area contributed by atoms with E-state index in [0.717, 1.165) is 0 Å². The summed E-state index contributed by atoms with van der Waals surface area (Å²) in [5.74, 6) is 0.274. The minimum Gasteiger partial charge on any atom is -0.380 e. The summed E-state index contributed by atoms with van der Waals surface area (Å²) >= 11 is 3.22. The number of nitrogens with zero attached hydrogens (tertiary/aromatic N) is 2. The Kier molecular flexibility index (Phi) is 5.30. The maximum absolute atomic E-state index is 11.0. The van der Waals surface area contributed by atoms with Gasteiger partial charge in [0.25, 0.3) is 0 Å². The summed E-state index contributed by atoms with van der Waals surface area (Å²) in [4.78, 5) is 14.5. The number of halogens is 1. The molecule has 0 atom stereocenters. The molecular weight excluding hydrogens is 290 g/mol. The van der Waals surface area contributed by atoms with E-state index in [1.165, 1.54) is 0 Å². The van der Waals surface area contributed by atoms with Crippen molar-refractivity contribution in [3.8, 4) is 0 Å². The highest BCUT2D eigenvalue weighted by Gasteiger charge is 2.20. The van der Waals surface area contributed by atoms with Crippen LogP contribution in [0.15, 0.2) is 10.7 Å². The Hall–Kier alpha value is -1.21. The fourth-order valence-electron chi connectivity index (χ4n) is 1.31. The van der Waals surface area contributed by atoms with Crippen LogP contribution in [0.3, 0.4) is 0 Å². The smallest absolute Gasteiger partial charge is 0.315 e. The third-order valence-electron chi connectivity index (χ3n) is 2.17. The van der Waals surface area contributed by atoms with Crippen molar-refractivity contribution in [1.29, 1.82) is 0 Å². The molecule has 1 heterocycles. The zero-order valence-electron chi connectivity index (χ0n) is 9.70. The molecule has 17 heavy (non-hydrogen) atoms. The molecule has 0 aliphatic heterocycles. The summed E-state index contributed by atoms with van der Waals surface area (Å²) in [6, 6.07) is 0. The van der Waals surface area contributed by atoms with Crippen molar-refractivity contribution in [1.82, 2.24) is 4.98 Å². The standard InChI is InChI=1S/C10H14BrN3O3/c1-3-17-5-4-12-10-9(14(15)16)7(2)8(11)6-13-10/h6H,3-5H2,1-2H3,(H,12,13).